The molecule has 0 bridgehead atoms. The summed E-state index contributed by atoms with van der Waals surface area (Å²) in [6, 6.07) is 0. The van der Waals surface area contributed by atoms with E-state index in [1.54, 1.807) is 6.92 Å². The van der Waals surface area contributed by atoms with Crippen LogP contribution >= 0.6 is 11.6 Å². The van der Waals surface area contributed by atoms with Crippen molar-refractivity contribution < 1.29 is 23.1 Å². The second-order valence-electron chi connectivity index (χ2n) is 9.40. The van der Waals surface area contributed by atoms with E-state index in [9.17, 15) is 23.1 Å². The van der Waals surface area contributed by atoms with Gasteiger partial charge in [0.2, 0.25) is 0 Å². The lowest BCUT2D eigenvalue weighted by molar-refractivity contribution is -0.303. The zero-order chi connectivity index (χ0) is 19.1. The van der Waals surface area contributed by atoms with Crippen LogP contribution in [-0.4, -0.2) is 22.7 Å². The average molecular weight is 391 g/mol. The van der Waals surface area contributed by atoms with E-state index in [1.807, 2.05) is 0 Å². The fourth-order valence-electron chi connectivity index (χ4n) is 7.13. The summed E-state index contributed by atoms with van der Waals surface area (Å²) in [4.78, 5) is 12.0. The molecular formula is C20H26ClF3O2. The Labute approximate surface area is 157 Å². The topological polar surface area (TPSA) is 37.3 Å². The van der Waals surface area contributed by atoms with Gasteiger partial charge in [-0.2, -0.15) is 13.2 Å². The van der Waals surface area contributed by atoms with Gasteiger partial charge >= 0.3 is 6.18 Å². The minimum Gasteiger partial charge on any atom is -0.380 e. The average Bonchev–Trinajstić information content (AvgIpc) is 2.84. The van der Waals surface area contributed by atoms with Gasteiger partial charge in [0.25, 0.3) is 0 Å². The number of carbonyl (C=O) groups is 1. The number of halogens is 4. The van der Waals surface area contributed by atoms with E-state index >= 15 is 0 Å². The minimum atomic E-state index is -4.59. The maximum Gasteiger partial charge on any atom is 0.417 e. The van der Waals surface area contributed by atoms with Crippen molar-refractivity contribution in [3.8, 4) is 0 Å². The number of ketones is 1. The largest absolute Gasteiger partial charge is 0.417 e. The Kier molecular flexibility index (Phi) is 3.98. The third-order valence-corrected chi connectivity index (χ3v) is 9.11. The molecule has 0 aromatic rings. The molecule has 6 atom stereocenters. The number of rotatable bonds is 0. The quantitative estimate of drug-likeness (QED) is 0.603. The maximum atomic E-state index is 13.7. The van der Waals surface area contributed by atoms with Crippen molar-refractivity contribution in [3.05, 3.63) is 10.6 Å². The molecule has 0 radical (unpaired) electrons. The fourth-order valence-corrected chi connectivity index (χ4v) is 7.54. The van der Waals surface area contributed by atoms with Crippen molar-refractivity contribution in [1.29, 1.82) is 0 Å². The van der Waals surface area contributed by atoms with Crippen molar-refractivity contribution in [2.75, 3.05) is 0 Å². The van der Waals surface area contributed by atoms with Crippen LogP contribution < -0.4 is 0 Å². The summed E-state index contributed by atoms with van der Waals surface area (Å²) in [5.41, 5.74) is -2.84. The van der Waals surface area contributed by atoms with Crippen LogP contribution in [0.15, 0.2) is 10.6 Å². The summed E-state index contributed by atoms with van der Waals surface area (Å²) >= 11 is 6.35. The Morgan fingerprint density at radius 1 is 1.04 bits per heavy atom. The number of aliphatic hydroxyl groups is 1. The molecule has 4 aliphatic rings. The van der Waals surface area contributed by atoms with Gasteiger partial charge in [0.1, 0.15) is 0 Å². The van der Waals surface area contributed by atoms with Crippen LogP contribution in [0.25, 0.3) is 0 Å². The first kappa shape index (κ1) is 18.8. The van der Waals surface area contributed by atoms with Gasteiger partial charge in [-0.15, -0.1) is 0 Å². The van der Waals surface area contributed by atoms with Gasteiger partial charge < -0.3 is 5.11 Å². The number of hydrogen-bond donors (Lipinski definition) is 1. The van der Waals surface area contributed by atoms with Crippen molar-refractivity contribution in [3.63, 3.8) is 0 Å². The Balaban J connectivity index is 1.72. The minimum absolute atomic E-state index is 0.00514. The lowest BCUT2D eigenvalue weighted by Gasteiger charge is -2.59. The molecule has 3 saturated carbocycles. The Bertz CT molecular complexity index is 687. The van der Waals surface area contributed by atoms with E-state index in [-0.39, 0.29) is 35.4 Å². The molecule has 0 heterocycles. The summed E-state index contributed by atoms with van der Waals surface area (Å²) in [7, 11) is 0. The molecule has 0 spiro atoms. The second kappa shape index (κ2) is 5.50. The standard InChI is InChI=1S/C20H26ClF3O2/c1-17-8-7-15(25)16(21)14(17)4-3-11-12(17)5-9-18(2)13(11)6-10-19(18,26)20(22,23)24/h11-13,26H,3-10H2,1-2H3/t11-,12+,13+,17-,18+,19+/m1/s1. The molecule has 0 aliphatic heterocycles. The SMILES string of the molecule is C[C@]12CCC(=O)C(Cl)=C1CC[C@@H]1[C@@H]2CC[C@@]2(C)[C@H]1CC[C@@]2(O)C(F)(F)F. The van der Waals surface area contributed by atoms with E-state index in [1.165, 1.54) is 0 Å². The molecule has 0 unspecified atom stereocenters. The lowest BCUT2D eigenvalue weighted by atomic mass is 9.46. The molecular weight excluding hydrogens is 365 g/mol. The predicted molar refractivity (Wildman–Crippen MR) is 92.5 cm³/mol. The molecule has 1 N–H and O–H groups in total. The lowest BCUT2D eigenvalue weighted by Crippen LogP contribution is -2.60. The number of fused-ring (bicyclic) bond motifs is 5. The van der Waals surface area contributed by atoms with Gasteiger partial charge in [-0.3, -0.25) is 4.79 Å². The Hall–Kier alpha value is -0.550. The van der Waals surface area contributed by atoms with Crippen molar-refractivity contribution >= 4 is 17.4 Å². The van der Waals surface area contributed by atoms with E-state index in [2.05, 4.69) is 6.92 Å². The van der Waals surface area contributed by atoms with E-state index < -0.39 is 17.2 Å². The Morgan fingerprint density at radius 3 is 2.35 bits per heavy atom. The smallest absolute Gasteiger partial charge is 0.380 e. The zero-order valence-electron chi connectivity index (χ0n) is 15.3. The van der Waals surface area contributed by atoms with Crippen molar-refractivity contribution in [2.24, 2.45) is 28.6 Å². The second-order valence-corrected chi connectivity index (χ2v) is 9.78. The maximum absolute atomic E-state index is 13.7. The van der Waals surface area contributed by atoms with E-state index in [4.69, 9.17) is 11.6 Å². The Morgan fingerprint density at radius 2 is 1.69 bits per heavy atom. The highest BCUT2D eigenvalue weighted by Crippen LogP contribution is 2.70. The first-order chi connectivity index (χ1) is 12.0. The van der Waals surface area contributed by atoms with Crippen LogP contribution in [0, 0.1) is 28.6 Å². The summed E-state index contributed by atoms with van der Waals surface area (Å²) in [5.74, 6) is 0.298. The first-order valence-corrected chi connectivity index (χ1v) is 10.0. The number of carbonyl (C=O) groups excluding carboxylic acids is 1. The molecule has 3 fully saturated rings. The van der Waals surface area contributed by atoms with Crippen LogP contribution in [0.2, 0.25) is 0 Å². The van der Waals surface area contributed by atoms with Crippen molar-refractivity contribution in [1.82, 2.24) is 0 Å². The highest BCUT2D eigenvalue weighted by molar-refractivity contribution is 6.43. The number of allylic oxidation sites excluding steroid dienone is 1. The molecule has 6 heteroatoms. The highest BCUT2D eigenvalue weighted by Gasteiger charge is 2.72. The van der Waals surface area contributed by atoms with Crippen LogP contribution in [0.1, 0.15) is 65.2 Å². The predicted octanol–water partition coefficient (Wildman–Crippen LogP) is 5.38. The first-order valence-electron chi connectivity index (χ1n) is 9.67. The molecule has 4 rings (SSSR count). The van der Waals surface area contributed by atoms with Gasteiger partial charge in [0.05, 0.1) is 5.03 Å². The van der Waals surface area contributed by atoms with Crippen molar-refractivity contribution in [2.45, 2.75) is 77.0 Å². The van der Waals surface area contributed by atoms with Gasteiger partial charge in [0.15, 0.2) is 11.4 Å². The summed E-state index contributed by atoms with van der Waals surface area (Å²) in [6.07, 6.45) is -0.686. The molecule has 0 aromatic carbocycles. The van der Waals surface area contributed by atoms with E-state index in [0.29, 0.717) is 37.1 Å². The number of alkyl halides is 3. The number of hydrogen-bond acceptors (Lipinski definition) is 2. The van der Waals surface area contributed by atoms with Gasteiger partial charge in [-0.25, -0.2) is 0 Å². The molecule has 0 amide bonds. The molecule has 2 nitrogen and oxygen atoms in total. The monoisotopic (exact) mass is 390 g/mol. The normalized spacial score (nSPS) is 48.9. The molecule has 4 aliphatic carbocycles. The molecule has 26 heavy (non-hydrogen) atoms. The van der Waals surface area contributed by atoms with Crippen LogP contribution in [0.3, 0.4) is 0 Å². The summed E-state index contributed by atoms with van der Waals surface area (Å²) < 4.78 is 41.1. The zero-order valence-corrected chi connectivity index (χ0v) is 16.0. The third kappa shape index (κ3) is 2.13. The van der Waals surface area contributed by atoms with Gasteiger partial charge in [-0.1, -0.05) is 25.4 Å². The van der Waals surface area contributed by atoms with Crippen LogP contribution in [-0.2, 0) is 4.79 Å². The van der Waals surface area contributed by atoms with Crippen LogP contribution in [0.4, 0.5) is 13.2 Å². The molecule has 0 aromatic heterocycles. The molecule has 0 saturated heterocycles. The summed E-state index contributed by atoms with van der Waals surface area (Å²) in [5, 5.41) is 11.0. The molecule has 146 valence electrons. The highest BCUT2D eigenvalue weighted by atomic mass is 35.5. The van der Waals surface area contributed by atoms with E-state index in [0.717, 1.165) is 18.4 Å². The van der Waals surface area contributed by atoms with Gasteiger partial charge in [0, 0.05) is 11.8 Å². The summed E-state index contributed by atoms with van der Waals surface area (Å²) in [6.45, 7) is 3.81. The number of Topliss-reactive ketones (excluding diaryl/α,β-unsaturated/α-hetero) is 1. The fraction of sp³-hybridized carbons (Fsp3) is 0.850. The van der Waals surface area contributed by atoms with Crippen LogP contribution in [0.5, 0.6) is 0 Å². The van der Waals surface area contributed by atoms with Gasteiger partial charge in [-0.05, 0) is 73.7 Å². The third-order valence-electron chi connectivity index (χ3n) is 8.67.